The van der Waals surface area contributed by atoms with Gasteiger partial charge in [0.15, 0.2) is 0 Å². The molecule has 0 radical (unpaired) electrons. The number of fused-ring (bicyclic) bond motifs is 1. The highest BCUT2D eigenvalue weighted by molar-refractivity contribution is 6.35. The third-order valence-corrected chi connectivity index (χ3v) is 4.26. The van der Waals surface area contributed by atoms with Gasteiger partial charge >= 0.3 is 0 Å². The predicted octanol–water partition coefficient (Wildman–Crippen LogP) is 4.57. The third kappa shape index (κ3) is 3.37. The molecule has 1 unspecified atom stereocenters. The summed E-state index contributed by atoms with van der Waals surface area (Å²) in [5.41, 5.74) is 9.90. The molecule has 1 atom stereocenters. The van der Waals surface area contributed by atoms with Crippen molar-refractivity contribution in [3.8, 4) is 0 Å². The van der Waals surface area contributed by atoms with Crippen molar-refractivity contribution < 1.29 is 0 Å². The first-order valence-electron chi connectivity index (χ1n) is 7.17. The van der Waals surface area contributed by atoms with Gasteiger partial charge in [-0.15, -0.1) is 0 Å². The van der Waals surface area contributed by atoms with Gasteiger partial charge in [0, 0.05) is 27.8 Å². The van der Waals surface area contributed by atoms with Crippen LogP contribution in [0.1, 0.15) is 18.1 Å². The van der Waals surface area contributed by atoms with Crippen molar-refractivity contribution in [3.05, 3.63) is 57.6 Å². The van der Waals surface area contributed by atoms with Crippen molar-refractivity contribution in [2.24, 2.45) is 4.99 Å². The van der Waals surface area contributed by atoms with Crippen molar-refractivity contribution >= 4 is 40.4 Å². The van der Waals surface area contributed by atoms with Gasteiger partial charge in [-0.1, -0.05) is 35.3 Å². The van der Waals surface area contributed by atoms with E-state index in [9.17, 15) is 0 Å². The van der Waals surface area contributed by atoms with E-state index >= 15 is 0 Å². The molecule has 0 fully saturated rings. The van der Waals surface area contributed by atoms with Crippen molar-refractivity contribution in [1.82, 2.24) is 0 Å². The summed E-state index contributed by atoms with van der Waals surface area (Å²) in [5.74, 6) is 0.971. The van der Waals surface area contributed by atoms with Gasteiger partial charge in [-0.05, 0) is 48.7 Å². The van der Waals surface area contributed by atoms with E-state index < -0.39 is 0 Å². The number of nitrogen functional groups attached to an aromatic ring is 1. The maximum Gasteiger partial charge on any atom is 0.106 e. The van der Waals surface area contributed by atoms with Crippen molar-refractivity contribution in [2.45, 2.75) is 25.8 Å². The summed E-state index contributed by atoms with van der Waals surface area (Å²) in [6, 6.07) is 11.6. The number of halogens is 2. The molecule has 0 aromatic heterocycles. The summed E-state index contributed by atoms with van der Waals surface area (Å²) >= 11 is 12.1. The highest BCUT2D eigenvalue weighted by Gasteiger charge is 2.17. The Hall–Kier alpha value is -1.71. The smallest absolute Gasteiger partial charge is 0.106 e. The summed E-state index contributed by atoms with van der Waals surface area (Å²) in [4.78, 5) is 4.75. The van der Waals surface area contributed by atoms with E-state index in [-0.39, 0.29) is 6.04 Å². The van der Waals surface area contributed by atoms with Gasteiger partial charge in [-0.2, -0.15) is 0 Å². The van der Waals surface area contributed by atoms with Crippen molar-refractivity contribution in [3.63, 3.8) is 0 Å². The van der Waals surface area contributed by atoms with E-state index in [0.717, 1.165) is 35.6 Å². The Kier molecular flexibility index (Phi) is 4.27. The number of amidine groups is 1. The molecule has 0 saturated carbocycles. The molecule has 3 N–H and O–H groups in total. The van der Waals surface area contributed by atoms with Crippen LogP contribution in [-0.2, 0) is 12.8 Å². The first-order valence-corrected chi connectivity index (χ1v) is 7.93. The summed E-state index contributed by atoms with van der Waals surface area (Å²) in [6.45, 7) is 2.08. The Bertz CT molecular complexity index is 741. The van der Waals surface area contributed by atoms with E-state index in [1.165, 1.54) is 5.56 Å². The zero-order chi connectivity index (χ0) is 15.7. The summed E-state index contributed by atoms with van der Waals surface area (Å²) in [7, 11) is 0. The average Bonchev–Trinajstić information content (AvgIpc) is 2.83. The van der Waals surface area contributed by atoms with E-state index in [2.05, 4.69) is 12.2 Å². The number of hydrogen-bond donors (Lipinski definition) is 2. The Morgan fingerprint density at radius 1 is 1.23 bits per heavy atom. The van der Waals surface area contributed by atoms with E-state index in [4.69, 9.17) is 33.9 Å². The minimum atomic E-state index is 0.132. The maximum absolute atomic E-state index is 6.22. The standard InChI is InChI=1S/C17H17Cl2N3/c1-10(6-11-2-4-13(18)8-15(11)19)21-17-7-12-3-5-14(20)9-16(12)22-17/h2-5,8-10H,6-7,20H2,1H3,(H,21,22). The molecular weight excluding hydrogens is 317 g/mol. The monoisotopic (exact) mass is 333 g/mol. The fourth-order valence-electron chi connectivity index (χ4n) is 2.64. The van der Waals surface area contributed by atoms with Gasteiger partial charge in [0.2, 0.25) is 0 Å². The number of anilines is 2. The Labute approximate surface area is 140 Å². The van der Waals surface area contributed by atoms with Gasteiger partial charge in [0.1, 0.15) is 5.84 Å². The van der Waals surface area contributed by atoms with Crippen LogP contribution < -0.4 is 11.1 Å². The highest BCUT2D eigenvalue weighted by Crippen LogP contribution is 2.26. The quantitative estimate of drug-likeness (QED) is 0.808. The molecule has 3 rings (SSSR count). The van der Waals surface area contributed by atoms with Crippen LogP contribution in [0.3, 0.4) is 0 Å². The molecule has 0 aliphatic carbocycles. The SMILES string of the molecule is CC(Cc1ccc(Cl)cc1Cl)N=C1Cc2ccc(N)cc2N1. The predicted molar refractivity (Wildman–Crippen MR) is 95.2 cm³/mol. The van der Waals surface area contributed by atoms with Crippen LogP contribution in [-0.4, -0.2) is 11.9 Å². The molecule has 1 aliphatic rings. The third-order valence-electron chi connectivity index (χ3n) is 3.68. The van der Waals surface area contributed by atoms with Gasteiger partial charge < -0.3 is 11.1 Å². The maximum atomic E-state index is 6.22. The van der Waals surface area contributed by atoms with Gasteiger partial charge in [-0.25, -0.2) is 0 Å². The zero-order valence-corrected chi connectivity index (χ0v) is 13.7. The van der Waals surface area contributed by atoms with Crippen molar-refractivity contribution in [1.29, 1.82) is 0 Å². The minimum absolute atomic E-state index is 0.132. The van der Waals surface area contributed by atoms with Crippen LogP contribution in [0.15, 0.2) is 41.4 Å². The van der Waals surface area contributed by atoms with Gasteiger partial charge in [-0.3, -0.25) is 4.99 Å². The fraction of sp³-hybridized carbons (Fsp3) is 0.235. The lowest BCUT2D eigenvalue weighted by atomic mass is 10.1. The molecular formula is C17H17Cl2N3. The summed E-state index contributed by atoms with van der Waals surface area (Å²) in [5, 5.41) is 4.67. The van der Waals surface area contributed by atoms with Crippen LogP contribution in [0.4, 0.5) is 11.4 Å². The lowest BCUT2D eigenvalue weighted by molar-refractivity contribution is 0.739. The number of benzene rings is 2. The number of hydrogen-bond acceptors (Lipinski definition) is 2. The highest BCUT2D eigenvalue weighted by atomic mass is 35.5. The molecule has 0 amide bonds. The molecule has 22 heavy (non-hydrogen) atoms. The zero-order valence-electron chi connectivity index (χ0n) is 12.2. The van der Waals surface area contributed by atoms with Gasteiger partial charge in [0.05, 0.1) is 6.04 Å². The number of nitrogens with zero attached hydrogens (tertiary/aromatic N) is 1. The largest absolute Gasteiger partial charge is 0.399 e. The lowest BCUT2D eigenvalue weighted by Gasteiger charge is -2.10. The van der Waals surface area contributed by atoms with Crippen LogP contribution in [0, 0.1) is 0 Å². The molecule has 2 aromatic rings. The first-order chi connectivity index (χ1) is 10.5. The minimum Gasteiger partial charge on any atom is -0.399 e. The second-order valence-electron chi connectivity index (χ2n) is 5.58. The van der Waals surface area contributed by atoms with Crippen LogP contribution in [0.2, 0.25) is 10.0 Å². The second kappa shape index (κ2) is 6.19. The molecule has 0 spiro atoms. The normalized spacial score (nSPS) is 16.4. The molecule has 0 saturated heterocycles. The summed E-state index contributed by atoms with van der Waals surface area (Å²) < 4.78 is 0. The molecule has 1 aliphatic heterocycles. The number of nitrogens with one attached hydrogen (secondary N) is 1. The van der Waals surface area contributed by atoms with E-state index in [1.54, 1.807) is 6.07 Å². The van der Waals surface area contributed by atoms with Crippen LogP contribution in [0.5, 0.6) is 0 Å². The van der Waals surface area contributed by atoms with E-state index in [1.807, 2.05) is 30.3 Å². The lowest BCUT2D eigenvalue weighted by Crippen LogP contribution is -2.13. The average molecular weight is 334 g/mol. The Morgan fingerprint density at radius 3 is 2.82 bits per heavy atom. The second-order valence-corrected chi connectivity index (χ2v) is 6.43. The van der Waals surface area contributed by atoms with E-state index in [0.29, 0.717) is 10.0 Å². The molecule has 1 heterocycles. The number of aliphatic imine (C=N–C) groups is 1. The molecule has 0 bridgehead atoms. The fourth-order valence-corrected chi connectivity index (χ4v) is 3.13. The number of nitrogens with two attached hydrogens (primary N) is 1. The molecule has 5 heteroatoms. The Morgan fingerprint density at radius 2 is 2.05 bits per heavy atom. The van der Waals surface area contributed by atoms with Crippen LogP contribution >= 0.6 is 23.2 Å². The summed E-state index contributed by atoms with van der Waals surface area (Å²) in [6.07, 6.45) is 1.59. The molecule has 114 valence electrons. The Balaban J connectivity index is 1.71. The molecule has 2 aromatic carbocycles. The van der Waals surface area contributed by atoms with Crippen LogP contribution in [0.25, 0.3) is 0 Å². The van der Waals surface area contributed by atoms with Gasteiger partial charge in [0.25, 0.3) is 0 Å². The molecule has 3 nitrogen and oxygen atoms in total. The van der Waals surface area contributed by atoms with Crippen molar-refractivity contribution in [2.75, 3.05) is 11.1 Å². The first kappa shape index (κ1) is 15.2. The topological polar surface area (TPSA) is 50.4 Å². The number of rotatable bonds is 3.